The van der Waals surface area contributed by atoms with Gasteiger partial charge in [-0.1, -0.05) is 12.1 Å². The van der Waals surface area contributed by atoms with Gasteiger partial charge in [0.2, 0.25) is 5.95 Å². The van der Waals surface area contributed by atoms with Crippen molar-refractivity contribution in [3.63, 3.8) is 0 Å². The van der Waals surface area contributed by atoms with E-state index in [2.05, 4.69) is 15.3 Å². The molecule has 9 heteroatoms. The Labute approximate surface area is 179 Å². The van der Waals surface area contributed by atoms with Crippen LogP contribution in [0, 0.1) is 11.7 Å². The molecule has 0 spiro atoms. The van der Waals surface area contributed by atoms with Gasteiger partial charge >= 0.3 is 12.1 Å². The second-order valence-corrected chi connectivity index (χ2v) is 7.78. The van der Waals surface area contributed by atoms with Crippen molar-refractivity contribution >= 4 is 23.7 Å². The number of benzene rings is 1. The van der Waals surface area contributed by atoms with Crippen LogP contribution in [-0.4, -0.2) is 48.3 Å². The molecule has 1 amide bonds. The molecule has 1 N–H and O–H groups in total. The van der Waals surface area contributed by atoms with Gasteiger partial charge in [0.1, 0.15) is 5.69 Å². The Morgan fingerprint density at radius 3 is 2.84 bits per heavy atom. The maximum absolute atomic E-state index is 14.6. The Kier molecular flexibility index (Phi) is 6.29. The number of esters is 1. The molecule has 1 aromatic heterocycles. The largest absolute Gasteiger partial charge is 0.469 e. The summed E-state index contributed by atoms with van der Waals surface area (Å²) in [6, 6.07) is 7.12. The topological polar surface area (TPSA) is 93.6 Å². The van der Waals surface area contributed by atoms with E-state index in [1.165, 1.54) is 12.0 Å². The molecular formula is C22H25FN4O4. The van der Waals surface area contributed by atoms with Crippen LogP contribution in [-0.2, 0) is 14.3 Å². The quantitative estimate of drug-likeness (QED) is 0.725. The number of nitrogens with one attached hydrogen (secondary N) is 1. The van der Waals surface area contributed by atoms with Crippen molar-refractivity contribution in [1.29, 1.82) is 0 Å². The molecule has 164 valence electrons. The first-order valence-corrected chi connectivity index (χ1v) is 10.5. The van der Waals surface area contributed by atoms with Gasteiger partial charge in [0.25, 0.3) is 0 Å². The number of ether oxygens (including phenoxy) is 2. The molecule has 2 heterocycles. The molecule has 1 saturated heterocycles. The molecular weight excluding hydrogens is 403 g/mol. The third kappa shape index (κ3) is 4.76. The minimum absolute atomic E-state index is 0.0723. The lowest BCUT2D eigenvalue weighted by molar-refractivity contribution is -0.146. The maximum atomic E-state index is 14.6. The Bertz CT molecular complexity index is 962. The van der Waals surface area contributed by atoms with E-state index in [-0.39, 0.29) is 23.6 Å². The van der Waals surface area contributed by atoms with Gasteiger partial charge in [0, 0.05) is 23.8 Å². The number of carbonyl (C=O) groups is 2. The molecule has 1 aliphatic carbocycles. The van der Waals surface area contributed by atoms with Crippen molar-refractivity contribution < 1.29 is 23.5 Å². The van der Waals surface area contributed by atoms with E-state index < -0.39 is 11.9 Å². The zero-order chi connectivity index (χ0) is 21.8. The van der Waals surface area contributed by atoms with Crippen LogP contribution in [0.2, 0.25) is 0 Å². The Balaban J connectivity index is 1.49. The van der Waals surface area contributed by atoms with Gasteiger partial charge in [-0.15, -0.1) is 0 Å². The second kappa shape index (κ2) is 9.28. The Hall–Kier alpha value is -3.23. The highest BCUT2D eigenvalue weighted by Crippen LogP contribution is 2.29. The SMILES string of the molecule is COC(=O)C1CCC(Nc2ncc(F)c(-c3cccc(N4CCCOC4=O)c3)n2)CC1. The van der Waals surface area contributed by atoms with Crippen molar-refractivity contribution in [3.05, 3.63) is 36.3 Å². The lowest BCUT2D eigenvalue weighted by Crippen LogP contribution is -2.37. The highest BCUT2D eigenvalue weighted by molar-refractivity contribution is 5.89. The first kappa shape index (κ1) is 21.0. The van der Waals surface area contributed by atoms with Crippen molar-refractivity contribution in [2.45, 2.75) is 38.1 Å². The van der Waals surface area contributed by atoms with Crippen LogP contribution in [0.4, 0.5) is 20.8 Å². The average Bonchev–Trinajstić information content (AvgIpc) is 2.80. The minimum Gasteiger partial charge on any atom is -0.469 e. The predicted molar refractivity (Wildman–Crippen MR) is 112 cm³/mol. The van der Waals surface area contributed by atoms with Crippen LogP contribution in [0.1, 0.15) is 32.1 Å². The maximum Gasteiger partial charge on any atom is 0.414 e. The fourth-order valence-electron chi connectivity index (χ4n) is 4.07. The molecule has 1 aromatic carbocycles. The van der Waals surface area contributed by atoms with Crippen molar-refractivity contribution in [3.8, 4) is 11.3 Å². The number of anilines is 2. The number of hydrogen-bond donors (Lipinski definition) is 1. The number of methoxy groups -OCH3 is 1. The molecule has 0 unspecified atom stereocenters. The predicted octanol–water partition coefficient (Wildman–Crippen LogP) is 3.77. The van der Waals surface area contributed by atoms with Gasteiger partial charge in [-0.2, -0.15) is 0 Å². The van der Waals surface area contributed by atoms with Crippen LogP contribution >= 0.6 is 0 Å². The number of nitrogens with zero attached hydrogens (tertiary/aromatic N) is 3. The van der Waals surface area contributed by atoms with Gasteiger partial charge in [-0.25, -0.2) is 19.2 Å². The van der Waals surface area contributed by atoms with E-state index in [9.17, 15) is 14.0 Å². The molecule has 2 fully saturated rings. The summed E-state index contributed by atoms with van der Waals surface area (Å²) in [5.74, 6) is -0.452. The van der Waals surface area contributed by atoms with Crippen LogP contribution < -0.4 is 10.2 Å². The Morgan fingerprint density at radius 1 is 1.29 bits per heavy atom. The molecule has 2 aliphatic rings. The summed E-state index contributed by atoms with van der Waals surface area (Å²) in [4.78, 5) is 33.7. The number of rotatable bonds is 5. The van der Waals surface area contributed by atoms with E-state index in [0.717, 1.165) is 38.3 Å². The zero-order valence-electron chi connectivity index (χ0n) is 17.3. The van der Waals surface area contributed by atoms with Crippen LogP contribution in [0.25, 0.3) is 11.3 Å². The number of carbonyl (C=O) groups excluding carboxylic acids is 2. The highest BCUT2D eigenvalue weighted by atomic mass is 19.1. The third-order valence-corrected chi connectivity index (χ3v) is 5.74. The number of hydrogen-bond acceptors (Lipinski definition) is 7. The van der Waals surface area contributed by atoms with E-state index >= 15 is 0 Å². The normalized spacial score (nSPS) is 21.4. The molecule has 8 nitrogen and oxygen atoms in total. The molecule has 0 bridgehead atoms. The number of halogens is 1. The molecule has 1 aliphatic heterocycles. The van der Waals surface area contributed by atoms with Gasteiger partial charge in [-0.05, 0) is 44.2 Å². The average molecular weight is 428 g/mol. The Morgan fingerprint density at radius 2 is 2.10 bits per heavy atom. The van der Waals surface area contributed by atoms with Crippen molar-refractivity contribution in [1.82, 2.24) is 9.97 Å². The smallest absolute Gasteiger partial charge is 0.414 e. The summed E-state index contributed by atoms with van der Waals surface area (Å²) in [6.07, 6.45) is 4.50. The molecule has 0 radical (unpaired) electrons. The van der Waals surface area contributed by atoms with Crippen molar-refractivity contribution in [2.75, 3.05) is 30.5 Å². The van der Waals surface area contributed by atoms with Gasteiger partial charge in [0.15, 0.2) is 5.82 Å². The lowest BCUT2D eigenvalue weighted by atomic mass is 9.86. The highest BCUT2D eigenvalue weighted by Gasteiger charge is 2.27. The van der Waals surface area contributed by atoms with Crippen LogP contribution in [0.15, 0.2) is 30.5 Å². The fourth-order valence-corrected chi connectivity index (χ4v) is 4.07. The first-order chi connectivity index (χ1) is 15.0. The summed E-state index contributed by atoms with van der Waals surface area (Å²) in [5, 5.41) is 3.26. The number of amides is 1. The monoisotopic (exact) mass is 428 g/mol. The van der Waals surface area contributed by atoms with Gasteiger partial charge in [0.05, 0.1) is 25.8 Å². The van der Waals surface area contributed by atoms with E-state index in [1.54, 1.807) is 24.3 Å². The molecule has 4 rings (SSSR count). The molecule has 0 atom stereocenters. The first-order valence-electron chi connectivity index (χ1n) is 10.5. The van der Waals surface area contributed by atoms with Crippen LogP contribution in [0.3, 0.4) is 0 Å². The van der Waals surface area contributed by atoms with E-state index in [1.807, 2.05) is 0 Å². The lowest BCUT2D eigenvalue weighted by Gasteiger charge is -2.27. The van der Waals surface area contributed by atoms with Gasteiger partial charge < -0.3 is 14.8 Å². The summed E-state index contributed by atoms with van der Waals surface area (Å²) >= 11 is 0. The number of aromatic nitrogens is 2. The minimum atomic E-state index is -0.543. The van der Waals surface area contributed by atoms with Crippen molar-refractivity contribution in [2.24, 2.45) is 5.92 Å². The summed E-state index contributed by atoms with van der Waals surface area (Å²) in [5.41, 5.74) is 1.34. The summed E-state index contributed by atoms with van der Waals surface area (Å²) < 4.78 is 24.5. The molecule has 1 saturated carbocycles. The standard InChI is InChI=1S/C22H25FN4O4/c1-30-20(28)14-6-8-16(9-7-14)25-21-24-13-18(23)19(26-21)15-4-2-5-17(12-15)27-10-3-11-31-22(27)29/h2,4-5,12-14,16H,3,6-11H2,1H3,(H,24,25,26). The molecule has 2 aromatic rings. The van der Waals surface area contributed by atoms with Gasteiger partial charge in [-0.3, -0.25) is 9.69 Å². The zero-order valence-corrected chi connectivity index (χ0v) is 17.3. The fraction of sp³-hybridized carbons (Fsp3) is 0.455. The van der Waals surface area contributed by atoms with Crippen LogP contribution in [0.5, 0.6) is 0 Å². The number of cyclic esters (lactones) is 1. The summed E-state index contributed by atoms with van der Waals surface area (Å²) in [7, 11) is 1.41. The summed E-state index contributed by atoms with van der Waals surface area (Å²) in [6.45, 7) is 0.960. The second-order valence-electron chi connectivity index (χ2n) is 7.78. The third-order valence-electron chi connectivity index (χ3n) is 5.74. The van der Waals surface area contributed by atoms with E-state index in [4.69, 9.17) is 9.47 Å². The van der Waals surface area contributed by atoms with E-state index in [0.29, 0.717) is 30.4 Å². The molecule has 31 heavy (non-hydrogen) atoms.